The van der Waals surface area contributed by atoms with Gasteiger partial charge in [0, 0.05) is 28.4 Å². The van der Waals surface area contributed by atoms with Crippen LogP contribution in [0, 0.1) is 0 Å². The van der Waals surface area contributed by atoms with Crippen LogP contribution in [0.25, 0.3) is 0 Å². The number of nitrogens with one attached hydrogen (secondary N) is 1. The van der Waals surface area contributed by atoms with E-state index in [0.29, 0.717) is 28.4 Å². The molecule has 0 aliphatic carbocycles. The molecule has 1 aromatic rings. The summed E-state index contributed by atoms with van der Waals surface area (Å²) in [5, 5.41) is 2.51. The van der Waals surface area contributed by atoms with Gasteiger partial charge < -0.3 is 5.73 Å². The Hall–Kier alpha value is -1.26. The third-order valence-electron chi connectivity index (χ3n) is 3.61. The number of amides is 1. The van der Waals surface area contributed by atoms with E-state index in [1.807, 2.05) is 5.01 Å². The highest BCUT2D eigenvalue weighted by Crippen LogP contribution is 2.21. The monoisotopic (exact) mass is 281 g/mol. The maximum absolute atomic E-state index is 12.2. The molecule has 0 radical (unpaired) electrons. The van der Waals surface area contributed by atoms with E-state index in [-0.39, 0.29) is 5.91 Å². The molecule has 3 N–H and O–H groups in total. The van der Waals surface area contributed by atoms with Crippen molar-refractivity contribution in [1.29, 1.82) is 0 Å². The van der Waals surface area contributed by atoms with Crippen LogP contribution >= 0.6 is 11.6 Å². The van der Waals surface area contributed by atoms with Crippen molar-refractivity contribution < 1.29 is 4.79 Å². The van der Waals surface area contributed by atoms with E-state index in [1.54, 1.807) is 18.2 Å². The molecule has 1 fully saturated rings. The first kappa shape index (κ1) is 14.2. The highest BCUT2D eigenvalue weighted by Gasteiger charge is 2.26. The zero-order valence-corrected chi connectivity index (χ0v) is 12.1. The first-order valence-corrected chi connectivity index (χ1v) is 7.00. The molecule has 19 heavy (non-hydrogen) atoms. The third kappa shape index (κ3) is 3.39. The van der Waals surface area contributed by atoms with Gasteiger partial charge in [-0.05, 0) is 44.9 Å². The molecule has 5 heteroatoms. The summed E-state index contributed by atoms with van der Waals surface area (Å²) >= 11 is 5.92. The zero-order chi connectivity index (χ0) is 14.0. The predicted molar refractivity (Wildman–Crippen MR) is 77.9 cm³/mol. The zero-order valence-electron chi connectivity index (χ0n) is 11.3. The van der Waals surface area contributed by atoms with E-state index in [9.17, 15) is 4.79 Å². The molecule has 1 amide bonds. The molecule has 2 rings (SSSR count). The number of piperidine rings is 1. The van der Waals surface area contributed by atoms with Gasteiger partial charge in [-0.2, -0.15) is 0 Å². The van der Waals surface area contributed by atoms with E-state index in [4.69, 9.17) is 17.3 Å². The van der Waals surface area contributed by atoms with Gasteiger partial charge in [0.25, 0.3) is 5.91 Å². The Morgan fingerprint density at radius 1 is 1.32 bits per heavy atom. The largest absolute Gasteiger partial charge is 0.399 e. The van der Waals surface area contributed by atoms with E-state index in [1.165, 1.54) is 6.42 Å². The van der Waals surface area contributed by atoms with Crippen molar-refractivity contribution in [3.63, 3.8) is 0 Å². The second kappa shape index (κ2) is 5.80. The minimum atomic E-state index is -0.158. The normalized spacial score (nSPS) is 24.2. The average molecular weight is 282 g/mol. The molecule has 0 spiro atoms. The van der Waals surface area contributed by atoms with Crippen molar-refractivity contribution in [2.75, 3.05) is 5.73 Å². The number of nitrogens with two attached hydrogens (primary N) is 1. The molecule has 1 aromatic carbocycles. The quantitative estimate of drug-likeness (QED) is 0.820. The number of hydrogen-bond acceptors (Lipinski definition) is 3. The van der Waals surface area contributed by atoms with Crippen LogP contribution in [0.5, 0.6) is 0 Å². The van der Waals surface area contributed by atoms with E-state index in [2.05, 4.69) is 19.3 Å². The second-order valence-corrected chi connectivity index (χ2v) is 5.69. The minimum Gasteiger partial charge on any atom is -0.399 e. The molecule has 0 bridgehead atoms. The van der Waals surface area contributed by atoms with E-state index in [0.717, 1.165) is 12.8 Å². The molecule has 0 saturated carbocycles. The topological polar surface area (TPSA) is 58.4 Å². The second-order valence-electron chi connectivity index (χ2n) is 5.25. The number of nitrogens with zero attached hydrogens (tertiary/aromatic N) is 1. The van der Waals surface area contributed by atoms with Crippen LogP contribution in [-0.2, 0) is 0 Å². The molecule has 4 nitrogen and oxygen atoms in total. The van der Waals surface area contributed by atoms with Crippen LogP contribution in [-0.4, -0.2) is 23.0 Å². The summed E-state index contributed by atoms with van der Waals surface area (Å²) in [6.07, 6.45) is 3.41. The number of carbonyl (C=O) groups is 1. The molecular weight excluding hydrogens is 262 g/mol. The Labute approximate surface area is 118 Å². The summed E-state index contributed by atoms with van der Waals surface area (Å²) in [6, 6.07) is 5.60. The van der Waals surface area contributed by atoms with Crippen LogP contribution in [0.4, 0.5) is 5.69 Å². The highest BCUT2D eigenvalue weighted by atomic mass is 35.5. The summed E-state index contributed by atoms with van der Waals surface area (Å²) < 4.78 is 0. The number of benzene rings is 1. The first-order chi connectivity index (χ1) is 8.97. The average Bonchev–Trinajstić information content (AvgIpc) is 2.32. The Morgan fingerprint density at radius 2 is 1.95 bits per heavy atom. The fraction of sp³-hybridized carbons (Fsp3) is 0.500. The van der Waals surface area contributed by atoms with Crippen molar-refractivity contribution in [2.24, 2.45) is 0 Å². The number of carbonyl (C=O) groups excluding carboxylic acids is 1. The number of anilines is 1. The van der Waals surface area contributed by atoms with Crippen molar-refractivity contribution in [3.05, 3.63) is 28.8 Å². The Morgan fingerprint density at radius 3 is 2.53 bits per heavy atom. The van der Waals surface area contributed by atoms with E-state index < -0.39 is 0 Å². The number of nitrogen functional groups attached to an aromatic ring is 1. The van der Waals surface area contributed by atoms with Gasteiger partial charge in [0.05, 0.1) is 0 Å². The lowest BCUT2D eigenvalue weighted by molar-refractivity contribution is 0.0370. The molecule has 2 atom stereocenters. The van der Waals surface area contributed by atoms with Gasteiger partial charge in [0.15, 0.2) is 0 Å². The molecular formula is C14H20ClN3O. The predicted octanol–water partition coefficient (Wildman–Crippen LogP) is 2.83. The maximum atomic E-state index is 12.2. The lowest BCUT2D eigenvalue weighted by atomic mass is 10.00. The number of hydrogen-bond donors (Lipinski definition) is 2. The summed E-state index contributed by atoms with van der Waals surface area (Å²) in [4.78, 5) is 12.2. The summed E-state index contributed by atoms with van der Waals surface area (Å²) in [7, 11) is 0. The van der Waals surface area contributed by atoms with Gasteiger partial charge in [-0.15, -0.1) is 0 Å². The molecule has 1 aliphatic heterocycles. The first-order valence-electron chi connectivity index (χ1n) is 6.63. The fourth-order valence-electron chi connectivity index (χ4n) is 2.57. The lowest BCUT2D eigenvalue weighted by Gasteiger charge is -2.38. The molecule has 1 heterocycles. The third-order valence-corrected chi connectivity index (χ3v) is 3.82. The highest BCUT2D eigenvalue weighted by molar-refractivity contribution is 6.31. The van der Waals surface area contributed by atoms with Crippen LogP contribution in [0.15, 0.2) is 18.2 Å². The Bertz CT molecular complexity index is 448. The SMILES string of the molecule is CC1CCCC(C)N1NC(=O)c1cc(N)cc(Cl)c1. The summed E-state index contributed by atoms with van der Waals surface area (Å²) in [6.45, 7) is 4.25. The van der Waals surface area contributed by atoms with Gasteiger partial charge >= 0.3 is 0 Å². The van der Waals surface area contributed by atoms with Crippen molar-refractivity contribution in [3.8, 4) is 0 Å². The van der Waals surface area contributed by atoms with Gasteiger partial charge in [-0.3, -0.25) is 10.2 Å². The van der Waals surface area contributed by atoms with Crippen molar-refractivity contribution >= 4 is 23.2 Å². The van der Waals surface area contributed by atoms with Gasteiger partial charge in [-0.1, -0.05) is 18.0 Å². The van der Waals surface area contributed by atoms with Crippen molar-refractivity contribution in [1.82, 2.24) is 10.4 Å². The summed E-state index contributed by atoms with van der Waals surface area (Å²) in [5.41, 5.74) is 9.67. The maximum Gasteiger partial charge on any atom is 0.265 e. The van der Waals surface area contributed by atoms with Gasteiger partial charge in [0.2, 0.25) is 0 Å². The molecule has 2 unspecified atom stereocenters. The molecule has 104 valence electrons. The Balaban J connectivity index is 2.11. The van der Waals surface area contributed by atoms with Crippen LogP contribution in [0.2, 0.25) is 5.02 Å². The smallest absolute Gasteiger partial charge is 0.265 e. The molecule has 1 aliphatic rings. The van der Waals surface area contributed by atoms with Gasteiger partial charge in [-0.25, -0.2) is 5.01 Å². The van der Waals surface area contributed by atoms with Crippen molar-refractivity contribution in [2.45, 2.75) is 45.2 Å². The lowest BCUT2D eigenvalue weighted by Crippen LogP contribution is -2.54. The molecule has 0 aromatic heterocycles. The van der Waals surface area contributed by atoms with E-state index >= 15 is 0 Å². The number of rotatable bonds is 2. The minimum absolute atomic E-state index is 0.158. The number of hydrazine groups is 1. The van der Waals surface area contributed by atoms with Gasteiger partial charge in [0.1, 0.15) is 0 Å². The number of halogens is 1. The Kier molecular flexibility index (Phi) is 4.32. The summed E-state index contributed by atoms with van der Waals surface area (Å²) in [5.74, 6) is -0.158. The standard InChI is InChI=1S/C14H20ClN3O/c1-9-4-3-5-10(2)18(9)17-14(19)11-6-12(15)8-13(16)7-11/h6-10H,3-5,16H2,1-2H3,(H,17,19). The fourth-order valence-corrected chi connectivity index (χ4v) is 2.81. The van der Waals surface area contributed by atoms with Crippen LogP contribution in [0.1, 0.15) is 43.5 Å². The van der Waals surface area contributed by atoms with Crippen LogP contribution in [0.3, 0.4) is 0 Å². The molecule has 1 saturated heterocycles. The van der Waals surface area contributed by atoms with Crippen LogP contribution < -0.4 is 11.2 Å².